The molecular weight excluding hydrogens is 236 g/mol. The molecule has 0 saturated carbocycles. The van der Waals surface area contributed by atoms with Crippen LogP contribution in [0.4, 0.5) is 4.79 Å². The van der Waals surface area contributed by atoms with Crippen LogP contribution in [-0.2, 0) is 4.74 Å². The number of nitrogens with one attached hydrogen (secondary N) is 1. The highest BCUT2D eigenvalue weighted by Gasteiger charge is 2.19. The van der Waals surface area contributed by atoms with Gasteiger partial charge in [-0.25, -0.2) is 4.79 Å². The highest BCUT2D eigenvalue weighted by atomic mass is 16.5. The van der Waals surface area contributed by atoms with E-state index in [1.807, 2.05) is 20.8 Å². The van der Waals surface area contributed by atoms with Crippen molar-refractivity contribution in [1.82, 2.24) is 10.2 Å². The van der Waals surface area contributed by atoms with Gasteiger partial charge < -0.3 is 25.9 Å². The molecule has 0 radical (unpaired) electrons. The van der Waals surface area contributed by atoms with Crippen LogP contribution >= 0.6 is 0 Å². The van der Waals surface area contributed by atoms with Crippen molar-refractivity contribution in [1.29, 1.82) is 0 Å². The van der Waals surface area contributed by atoms with E-state index in [0.717, 1.165) is 0 Å². The third kappa shape index (κ3) is 7.72. The van der Waals surface area contributed by atoms with Crippen LogP contribution < -0.4 is 11.1 Å². The number of methoxy groups -OCH3 is 1. The van der Waals surface area contributed by atoms with Crippen molar-refractivity contribution in [3.05, 3.63) is 0 Å². The Morgan fingerprint density at radius 2 is 2.06 bits per heavy atom. The number of nitrogens with two attached hydrogens (primary N) is 1. The van der Waals surface area contributed by atoms with Crippen molar-refractivity contribution >= 4 is 11.9 Å². The number of amides is 2. The van der Waals surface area contributed by atoms with Crippen LogP contribution in [0.25, 0.3) is 0 Å². The van der Waals surface area contributed by atoms with Crippen LogP contribution in [0.5, 0.6) is 0 Å². The summed E-state index contributed by atoms with van der Waals surface area (Å²) in [5, 5.41) is 14.2. The van der Waals surface area contributed by atoms with Crippen LogP contribution in [-0.4, -0.2) is 54.3 Å². The van der Waals surface area contributed by atoms with Crippen molar-refractivity contribution in [2.24, 2.45) is 10.9 Å². The summed E-state index contributed by atoms with van der Waals surface area (Å²) < 4.78 is 4.95. The Morgan fingerprint density at radius 3 is 2.50 bits per heavy atom. The third-order valence-corrected chi connectivity index (χ3v) is 2.10. The lowest BCUT2D eigenvalue weighted by molar-refractivity contribution is 0.146. The molecule has 0 rings (SSSR count). The summed E-state index contributed by atoms with van der Waals surface area (Å²) in [6, 6.07) is -0.190. The Labute approximate surface area is 108 Å². The smallest absolute Gasteiger partial charge is 0.317 e. The molecule has 0 unspecified atom stereocenters. The average molecular weight is 260 g/mol. The minimum absolute atomic E-state index is 0.0981. The molecule has 0 aliphatic carbocycles. The molecule has 0 atom stereocenters. The highest BCUT2D eigenvalue weighted by molar-refractivity contribution is 5.81. The number of oxime groups is 1. The molecule has 0 aromatic carbocycles. The van der Waals surface area contributed by atoms with Crippen molar-refractivity contribution in [3.8, 4) is 0 Å². The van der Waals surface area contributed by atoms with Gasteiger partial charge in [0.2, 0.25) is 0 Å². The third-order valence-electron chi connectivity index (χ3n) is 2.10. The normalized spacial score (nSPS) is 12.3. The molecule has 7 nitrogen and oxygen atoms in total. The van der Waals surface area contributed by atoms with E-state index in [4.69, 9.17) is 15.7 Å². The Morgan fingerprint density at radius 1 is 1.44 bits per heavy atom. The van der Waals surface area contributed by atoms with E-state index >= 15 is 0 Å². The first kappa shape index (κ1) is 16.5. The highest BCUT2D eigenvalue weighted by Crippen LogP contribution is 2.02. The van der Waals surface area contributed by atoms with E-state index in [2.05, 4.69) is 10.5 Å². The quantitative estimate of drug-likeness (QED) is 0.281. The predicted molar refractivity (Wildman–Crippen MR) is 69.8 cm³/mol. The zero-order chi connectivity index (χ0) is 14.2. The predicted octanol–water partition coefficient (Wildman–Crippen LogP) is 0.579. The first-order valence-electron chi connectivity index (χ1n) is 5.82. The van der Waals surface area contributed by atoms with Gasteiger partial charge in [-0.1, -0.05) is 5.16 Å². The summed E-state index contributed by atoms with van der Waals surface area (Å²) in [6.45, 7) is 6.99. The lowest BCUT2D eigenvalue weighted by atomic mass is 10.1. The second-order valence-corrected chi connectivity index (χ2v) is 5.00. The first-order valence-corrected chi connectivity index (χ1v) is 5.82. The van der Waals surface area contributed by atoms with E-state index in [-0.39, 0.29) is 17.4 Å². The fourth-order valence-electron chi connectivity index (χ4n) is 1.22. The van der Waals surface area contributed by atoms with Crippen LogP contribution in [0.2, 0.25) is 0 Å². The van der Waals surface area contributed by atoms with Crippen LogP contribution in [0.3, 0.4) is 0 Å². The van der Waals surface area contributed by atoms with Gasteiger partial charge in [-0.15, -0.1) is 0 Å². The van der Waals surface area contributed by atoms with Gasteiger partial charge in [0, 0.05) is 32.2 Å². The Balaban J connectivity index is 4.42. The van der Waals surface area contributed by atoms with Crippen molar-refractivity contribution < 1.29 is 14.7 Å². The fourth-order valence-corrected chi connectivity index (χ4v) is 1.22. The number of rotatable bonds is 6. The van der Waals surface area contributed by atoms with Gasteiger partial charge in [0.15, 0.2) is 0 Å². The van der Waals surface area contributed by atoms with Gasteiger partial charge in [0.05, 0.1) is 6.61 Å². The molecule has 106 valence electrons. The number of urea groups is 1. The SMILES string of the molecule is COCCN(CCC(N)=NO)C(=O)NC(C)(C)C. The minimum Gasteiger partial charge on any atom is -0.409 e. The second-order valence-electron chi connectivity index (χ2n) is 5.00. The van der Waals surface area contributed by atoms with Crippen molar-refractivity contribution in [2.75, 3.05) is 26.8 Å². The van der Waals surface area contributed by atoms with E-state index in [1.54, 1.807) is 12.0 Å². The monoisotopic (exact) mass is 260 g/mol. The molecule has 0 saturated heterocycles. The van der Waals surface area contributed by atoms with Gasteiger partial charge in [-0.3, -0.25) is 0 Å². The van der Waals surface area contributed by atoms with Gasteiger partial charge in [-0.05, 0) is 20.8 Å². The summed E-state index contributed by atoms with van der Waals surface area (Å²) in [6.07, 6.45) is 0.317. The topological polar surface area (TPSA) is 100 Å². The van der Waals surface area contributed by atoms with Gasteiger partial charge in [0.1, 0.15) is 5.84 Å². The van der Waals surface area contributed by atoms with Crippen LogP contribution in [0.1, 0.15) is 27.2 Å². The number of carbonyl (C=O) groups excluding carboxylic acids is 1. The average Bonchev–Trinajstić information content (AvgIpc) is 2.26. The Kier molecular flexibility index (Phi) is 7.11. The van der Waals surface area contributed by atoms with Crippen LogP contribution in [0, 0.1) is 0 Å². The van der Waals surface area contributed by atoms with E-state index in [9.17, 15) is 4.79 Å². The molecule has 7 heteroatoms. The standard InChI is InChI=1S/C11H24N4O3/c1-11(2,3)13-10(16)15(7-8-18-4)6-5-9(12)14-17/h17H,5-8H2,1-4H3,(H2,12,14)(H,13,16). The molecule has 4 N–H and O–H groups in total. The number of hydrogen-bond donors (Lipinski definition) is 3. The Hall–Kier alpha value is -1.50. The van der Waals surface area contributed by atoms with Gasteiger partial charge >= 0.3 is 6.03 Å². The summed E-state index contributed by atoms with van der Waals surface area (Å²) in [4.78, 5) is 13.6. The summed E-state index contributed by atoms with van der Waals surface area (Å²) >= 11 is 0. The summed E-state index contributed by atoms with van der Waals surface area (Å²) in [5.74, 6) is 0.0981. The molecule has 0 aromatic rings. The maximum atomic E-state index is 12.0. The summed E-state index contributed by atoms with van der Waals surface area (Å²) in [7, 11) is 1.57. The first-order chi connectivity index (χ1) is 8.30. The fraction of sp³-hybridized carbons (Fsp3) is 0.818. The van der Waals surface area contributed by atoms with Crippen LogP contribution in [0.15, 0.2) is 5.16 Å². The molecular formula is C11H24N4O3. The Bertz CT molecular complexity index is 287. The molecule has 0 spiro atoms. The van der Waals surface area contributed by atoms with Gasteiger partial charge in [-0.2, -0.15) is 0 Å². The number of ether oxygens (including phenoxy) is 1. The maximum absolute atomic E-state index is 12.0. The zero-order valence-corrected chi connectivity index (χ0v) is 11.6. The second kappa shape index (κ2) is 7.75. The molecule has 0 heterocycles. The molecule has 2 amide bonds. The van der Waals surface area contributed by atoms with Gasteiger partial charge in [0.25, 0.3) is 0 Å². The lowest BCUT2D eigenvalue weighted by Gasteiger charge is -2.28. The minimum atomic E-state index is -0.307. The molecule has 0 aromatic heterocycles. The summed E-state index contributed by atoms with van der Waals surface area (Å²) in [5.41, 5.74) is 5.08. The molecule has 0 fully saturated rings. The number of carbonyl (C=O) groups is 1. The zero-order valence-electron chi connectivity index (χ0n) is 11.6. The molecule has 0 bridgehead atoms. The molecule has 0 aliphatic rings. The van der Waals surface area contributed by atoms with Crippen molar-refractivity contribution in [2.45, 2.75) is 32.7 Å². The van der Waals surface area contributed by atoms with E-state index < -0.39 is 0 Å². The van der Waals surface area contributed by atoms with Crippen molar-refractivity contribution in [3.63, 3.8) is 0 Å². The maximum Gasteiger partial charge on any atom is 0.317 e. The molecule has 18 heavy (non-hydrogen) atoms. The van der Waals surface area contributed by atoms with E-state index in [1.165, 1.54) is 0 Å². The largest absolute Gasteiger partial charge is 0.409 e. The number of nitrogens with zero attached hydrogens (tertiary/aromatic N) is 2. The number of amidine groups is 1. The van der Waals surface area contributed by atoms with E-state index in [0.29, 0.717) is 26.1 Å². The number of hydrogen-bond acceptors (Lipinski definition) is 4. The molecule has 0 aliphatic heterocycles. The lowest BCUT2D eigenvalue weighted by Crippen LogP contribution is -2.50.